The minimum absolute atomic E-state index is 0. The van der Waals surface area contributed by atoms with Gasteiger partial charge in [-0.2, -0.15) is 0 Å². The van der Waals surface area contributed by atoms with Crippen LogP contribution < -0.4 is 11.1 Å². The van der Waals surface area contributed by atoms with E-state index in [0.717, 1.165) is 28.0 Å². The fourth-order valence-electron chi connectivity index (χ4n) is 1.84. The van der Waals surface area contributed by atoms with Crippen LogP contribution in [0.5, 0.6) is 0 Å². The third kappa shape index (κ3) is 2.70. The van der Waals surface area contributed by atoms with Crippen LogP contribution in [0.2, 0.25) is 0 Å². The smallest absolute Gasteiger partial charge is 0.181 e. The fraction of sp³-hybridized carbons (Fsp3) is 0.0714. The van der Waals surface area contributed by atoms with Gasteiger partial charge in [0.1, 0.15) is 0 Å². The van der Waals surface area contributed by atoms with Crippen LogP contribution in [0.15, 0.2) is 53.1 Å². The standard InChI is InChI=1S/C14H13N3O.ClH/c15-9-10-5-7-11(8-6-10)16-14-12-3-1-2-4-13(12)18-17-14;/h1-8H,9,15H2,(H,16,17);1H. The molecule has 0 unspecified atom stereocenters. The molecule has 0 fully saturated rings. The van der Waals surface area contributed by atoms with Gasteiger partial charge >= 0.3 is 0 Å². The van der Waals surface area contributed by atoms with Gasteiger partial charge in [0, 0.05) is 12.2 Å². The van der Waals surface area contributed by atoms with Crippen molar-refractivity contribution in [1.82, 2.24) is 5.16 Å². The lowest BCUT2D eigenvalue weighted by molar-refractivity contribution is 0.460. The Morgan fingerprint density at radius 1 is 1.05 bits per heavy atom. The molecule has 0 saturated carbocycles. The molecule has 3 rings (SSSR count). The number of hydrogen-bond acceptors (Lipinski definition) is 4. The van der Waals surface area contributed by atoms with Crippen LogP contribution >= 0.6 is 12.4 Å². The number of halogens is 1. The van der Waals surface area contributed by atoms with Gasteiger partial charge in [0.25, 0.3) is 0 Å². The number of aromatic nitrogens is 1. The molecular weight excluding hydrogens is 262 g/mol. The molecule has 0 aliphatic rings. The first-order valence-electron chi connectivity index (χ1n) is 5.77. The molecule has 3 aromatic rings. The molecule has 4 nitrogen and oxygen atoms in total. The number of nitrogens with one attached hydrogen (secondary N) is 1. The molecule has 0 aliphatic heterocycles. The highest BCUT2D eigenvalue weighted by Crippen LogP contribution is 2.25. The molecule has 1 heterocycles. The summed E-state index contributed by atoms with van der Waals surface area (Å²) in [5.74, 6) is 0.728. The Bertz CT molecular complexity index is 664. The molecule has 0 saturated heterocycles. The monoisotopic (exact) mass is 275 g/mol. The third-order valence-corrected chi connectivity index (χ3v) is 2.83. The second-order valence-electron chi connectivity index (χ2n) is 4.05. The lowest BCUT2D eigenvalue weighted by Crippen LogP contribution is -1.96. The summed E-state index contributed by atoms with van der Waals surface area (Å²) in [6.07, 6.45) is 0. The van der Waals surface area contributed by atoms with E-state index in [1.807, 2.05) is 48.5 Å². The highest BCUT2D eigenvalue weighted by Gasteiger charge is 2.06. The van der Waals surface area contributed by atoms with Gasteiger partial charge in [0.05, 0.1) is 5.39 Å². The van der Waals surface area contributed by atoms with Crippen molar-refractivity contribution < 1.29 is 4.52 Å². The topological polar surface area (TPSA) is 64.1 Å². The fourth-order valence-corrected chi connectivity index (χ4v) is 1.84. The number of benzene rings is 2. The van der Waals surface area contributed by atoms with E-state index in [1.165, 1.54) is 0 Å². The molecule has 0 spiro atoms. The number of rotatable bonds is 3. The van der Waals surface area contributed by atoms with E-state index in [4.69, 9.17) is 10.3 Å². The normalized spacial score (nSPS) is 10.2. The minimum atomic E-state index is 0. The summed E-state index contributed by atoms with van der Waals surface area (Å²) in [5, 5.41) is 8.23. The van der Waals surface area contributed by atoms with Gasteiger partial charge in [-0.1, -0.05) is 29.4 Å². The molecule has 1 aromatic heterocycles. The molecule has 2 aromatic carbocycles. The second kappa shape index (κ2) is 5.73. The number of nitrogens with zero attached hydrogens (tertiary/aromatic N) is 1. The quantitative estimate of drug-likeness (QED) is 0.768. The Morgan fingerprint density at radius 3 is 2.53 bits per heavy atom. The lowest BCUT2D eigenvalue weighted by atomic mass is 10.2. The number of fused-ring (bicyclic) bond motifs is 1. The first-order valence-corrected chi connectivity index (χ1v) is 5.77. The van der Waals surface area contributed by atoms with Crippen LogP contribution in [-0.2, 0) is 6.54 Å². The molecular formula is C14H14ClN3O. The van der Waals surface area contributed by atoms with Crippen molar-refractivity contribution in [2.75, 3.05) is 5.32 Å². The zero-order valence-electron chi connectivity index (χ0n) is 10.2. The van der Waals surface area contributed by atoms with E-state index < -0.39 is 0 Å². The zero-order valence-corrected chi connectivity index (χ0v) is 11.0. The summed E-state index contributed by atoms with van der Waals surface area (Å²) in [6, 6.07) is 15.7. The highest BCUT2D eigenvalue weighted by atomic mass is 35.5. The predicted octanol–water partition coefficient (Wildman–Crippen LogP) is 3.45. The summed E-state index contributed by atoms with van der Waals surface area (Å²) < 4.78 is 5.23. The van der Waals surface area contributed by atoms with Crippen molar-refractivity contribution in [2.45, 2.75) is 6.54 Å². The Hall–Kier alpha value is -2.04. The van der Waals surface area contributed by atoms with Gasteiger partial charge in [-0.3, -0.25) is 0 Å². The van der Waals surface area contributed by atoms with Gasteiger partial charge in [-0.15, -0.1) is 12.4 Å². The summed E-state index contributed by atoms with van der Waals surface area (Å²) in [7, 11) is 0. The van der Waals surface area contributed by atoms with Crippen molar-refractivity contribution in [1.29, 1.82) is 0 Å². The van der Waals surface area contributed by atoms with Crippen LogP contribution in [-0.4, -0.2) is 5.16 Å². The van der Waals surface area contributed by atoms with Crippen molar-refractivity contribution in [2.24, 2.45) is 5.73 Å². The molecule has 19 heavy (non-hydrogen) atoms. The SMILES string of the molecule is Cl.NCc1ccc(Nc2noc3ccccc23)cc1. The van der Waals surface area contributed by atoms with Crippen molar-refractivity contribution in [3.05, 3.63) is 54.1 Å². The molecule has 98 valence electrons. The number of nitrogens with two attached hydrogens (primary N) is 1. The first kappa shape index (κ1) is 13.4. The first-order chi connectivity index (χ1) is 8.86. The second-order valence-corrected chi connectivity index (χ2v) is 4.05. The van der Waals surface area contributed by atoms with Crippen LogP contribution in [0.1, 0.15) is 5.56 Å². The molecule has 0 atom stereocenters. The molecule has 0 bridgehead atoms. The summed E-state index contributed by atoms with van der Waals surface area (Å²) in [4.78, 5) is 0. The largest absolute Gasteiger partial charge is 0.354 e. The maximum absolute atomic E-state index is 5.56. The molecule has 3 N–H and O–H groups in total. The number of para-hydroxylation sites is 1. The Labute approximate surface area is 117 Å². The van der Waals surface area contributed by atoms with E-state index in [9.17, 15) is 0 Å². The van der Waals surface area contributed by atoms with Gasteiger partial charge in [0.2, 0.25) is 0 Å². The van der Waals surface area contributed by atoms with Gasteiger partial charge in [-0.05, 0) is 29.8 Å². The summed E-state index contributed by atoms with van der Waals surface area (Å²) in [5.41, 5.74) is 8.41. The summed E-state index contributed by atoms with van der Waals surface area (Å²) in [6.45, 7) is 0.549. The van der Waals surface area contributed by atoms with Crippen LogP contribution in [0.3, 0.4) is 0 Å². The van der Waals surface area contributed by atoms with Gasteiger partial charge in [-0.25, -0.2) is 0 Å². The van der Waals surface area contributed by atoms with Crippen LogP contribution in [0, 0.1) is 0 Å². The van der Waals surface area contributed by atoms with E-state index in [1.54, 1.807) is 0 Å². The van der Waals surface area contributed by atoms with E-state index in [-0.39, 0.29) is 12.4 Å². The minimum Gasteiger partial charge on any atom is -0.354 e. The maximum atomic E-state index is 5.56. The van der Waals surface area contributed by atoms with E-state index in [2.05, 4.69) is 10.5 Å². The Kier molecular flexibility index (Phi) is 4.04. The third-order valence-electron chi connectivity index (χ3n) is 2.83. The van der Waals surface area contributed by atoms with E-state index in [0.29, 0.717) is 6.54 Å². The molecule has 0 amide bonds. The zero-order chi connectivity index (χ0) is 12.4. The highest BCUT2D eigenvalue weighted by molar-refractivity contribution is 5.89. The van der Waals surface area contributed by atoms with Crippen molar-refractivity contribution in [3.63, 3.8) is 0 Å². The summed E-state index contributed by atoms with van der Waals surface area (Å²) >= 11 is 0. The van der Waals surface area contributed by atoms with Gasteiger partial charge < -0.3 is 15.6 Å². The Morgan fingerprint density at radius 2 is 1.79 bits per heavy atom. The van der Waals surface area contributed by atoms with E-state index >= 15 is 0 Å². The Balaban J connectivity index is 0.00000133. The van der Waals surface area contributed by atoms with Crippen molar-refractivity contribution in [3.8, 4) is 0 Å². The molecule has 0 aliphatic carbocycles. The van der Waals surface area contributed by atoms with Crippen molar-refractivity contribution >= 4 is 34.9 Å². The molecule has 0 radical (unpaired) electrons. The molecule has 5 heteroatoms. The maximum Gasteiger partial charge on any atom is 0.181 e. The average molecular weight is 276 g/mol. The van der Waals surface area contributed by atoms with Crippen LogP contribution in [0.25, 0.3) is 11.0 Å². The van der Waals surface area contributed by atoms with Gasteiger partial charge in [0.15, 0.2) is 11.4 Å². The predicted molar refractivity (Wildman–Crippen MR) is 78.9 cm³/mol. The number of hydrogen-bond donors (Lipinski definition) is 2. The van der Waals surface area contributed by atoms with Crippen LogP contribution in [0.4, 0.5) is 11.5 Å². The average Bonchev–Trinajstić information content (AvgIpc) is 2.83. The lowest BCUT2D eigenvalue weighted by Gasteiger charge is -2.03. The number of anilines is 2.